The lowest BCUT2D eigenvalue weighted by atomic mass is 9.93. The summed E-state index contributed by atoms with van der Waals surface area (Å²) in [6.07, 6.45) is 6.83. The van der Waals surface area contributed by atoms with Gasteiger partial charge in [0.1, 0.15) is 17.4 Å². The predicted molar refractivity (Wildman–Crippen MR) is 156 cm³/mol. The van der Waals surface area contributed by atoms with Crippen molar-refractivity contribution in [2.75, 3.05) is 20.3 Å². The molecule has 2 aliphatic rings. The Morgan fingerprint density at radius 2 is 1.86 bits per heavy atom. The second-order valence-corrected chi connectivity index (χ2v) is 10.5. The van der Waals surface area contributed by atoms with Crippen LogP contribution in [0.15, 0.2) is 90.0 Å². The maximum Gasteiger partial charge on any atom is 0.175 e. The number of methoxy groups -OCH3 is 1. The fraction of sp³-hybridized carbons (Fsp3) is 0.273. The zero-order chi connectivity index (χ0) is 29.1. The summed E-state index contributed by atoms with van der Waals surface area (Å²) in [4.78, 5) is 12.4. The highest BCUT2D eigenvalue weighted by Crippen LogP contribution is 2.37. The molecule has 0 aliphatic carbocycles. The topological polar surface area (TPSA) is 61.1 Å². The number of aromatic nitrogens is 2. The van der Waals surface area contributed by atoms with Crippen molar-refractivity contribution in [2.24, 2.45) is 5.16 Å². The molecular formula is C33H32F2N4O3. The molecule has 0 radical (unpaired) electrons. The van der Waals surface area contributed by atoms with E-state index in [0.717, 1.165) is 47.0 Å². The predicted octanol–water partition coefficient (Wildman–Crippen LogP) is 6.62. The molecule has 7 nitrogen and oxygen atoms in total. The third-order valence-corrected chi connectivity index (χ3v) is 7.52. The lowest BCUT2D eigenvalue weighted by Gasteiger charge is -2.44. The average molecular weight is 571 g/mol. The Hall–Kier alpha value is -4.50. The molecule has 9 heteroatoms. The molecule has 216 valence electrons. The molecule has 0 spiro atoms. The normalized spacial score (nSPS) is 19.3. The van der Waals surface area contributed by atoms with Gasteiger partial charge >= 0.3 is 0 Å². The summed E-state index contributed by atoms with van der Waals surface area (Å²) in [7, 11) is 1.64. The Balaban J connectivity index is 1.30. The molecule has 1 unspecified atom stereocenters. The van der Waals surface area contributed by atoms with Crippen molar-refractivity contribution in [1.29, 1.82) is 0 Å². The molecule has 42 heavy (non-hydrogen) atoms. The minimum atomic E-state index is -0.633. The number of benzene rings is 3. The number of halogens is 2. The minimum Gasteiger partial charge on any atom is -0.495 e. The average Bonchev–Trinajstić information content (AvgIpc) is 3.43. The molecule has 1 aromatic heterocycles. The van der Waals surface area contributed by atoms with E-state index in [0.29, 0.717) is 30.3 Å². The van der Waals surface area contributed by atoms with Crippen molar-refractivity contribution < 1.29 is 23.1 Å². The molecule has 0 bridgehead atoms. The van der Waals surface area contributed by atoms with Crippen molar-refractivity contribution in [2.45, 2.75) is 38.5 Å². The van der Waals surface area contributed by atoms with Crippen LogP contribution in [0, 0.1) is 18.6 Å². The van der Waals surface area contributed by atoms with Crippen LogP contribution in [0.2, 0.25) is 0 Å². The van der Waals surface area contributed by atoms with E-state index in [-0.39, 0.29) is 6.61 Å². The summed E-state index contributed by atoms with van der Waals surface area (Å²) in [6, 6.07) is 18.9. The van der Waals surface area contributed by atoms with E-state index in [1.807, 2.05) is 66.2 Å². The number of ether oxygens (including phenoxy) is 2. The van der Waals surface area contributed by atoms with Crippen molar-refractivity contribution in [3.8, 4) is 11.4 Å². The van der Waals surface area contributed by atoms with Crippen LogP contribution in [0.25, 0.3) is 11.8 Å². The summed E-state index contributed by atoms with van der Waals surface area (Å²) in [5, 5.41) is 4.53. The van der Waals surface area contributed by atoms with Crippen molar-refractivity contribution in [3.63, 3.8) is 0 Å². The number of hydrogen-bond donors (Lipinski definition) is 0. The summed E-state index contributed by atoms with van der Waals surface area (Å²) >= 11 is 0. The van der Waals surface area contributed by atoms with Gasteiger partial charge in [0.05, 0.1) is 44.1 Å². The van der Waals surface area contributed by atoms with Crippen molar-refractivity contribution in [3.05, 3.63) is 119 Å². The Bertz CT molecular complexity index is 1600. The van der Waals surface area contributed by atoms with Gasteiger partial charge in [0, 0.05) is 18.8 Å². The van der Waals surface area contributed by atoms with Crippen molar-refractivity contribution >= 4 is 11.9 Å². The number of amidine groups is 1. The number of rotatable bonds is 8. The van der Waals surface area contributed by atoms with E-state index in [1.165, 1.54) is 12.1 Å². The Labute approximate surface area is 243 Å². The Kier molecular flexibility index (Phi) is 8.01. The molecule has 1 saturated heterocycles. The minimum absolute atomic E-state index is 0.205. The monoisotopic (exact) mass is 570 g/mol. The second-order valence-electron chi connectivity index (χ2n) is 10.5. The van der Waals surface area contributed by atoms with E-state index in [9.17, 15) is 8.78 Å². The summed E-state index contributed by atoms with van der Waals surface area (Å²) in [5.74, 6) is 0.0978. The number of oxime groups is 1. The third kappa shape index (κ3) is 5.92. The first-order valence-corrected chi connectivity index (χ1v) is 14.0. The quantitative estimate of drug-likeness (QED) is 0.238. The van der Waals surface area contributed by atoms with Gasteiger partial charge < -0.3 is 23.8 Å². The molecule has 6 rings (SSSR count). The van der Waals surface area contributed by atoms with E-state index in [2.05, 4.69) is 21.1 Å². The van der Waals surface area contributed by atoms with Gasteiger partial charge in [-0.3, -0.25) is 0 Å². The van der Waals surface area contributed by atoms with Crippen LogP contribution in [-0.2, 0) is 16.2 Å². The highest BCUT2D eigenvalue weighted by atomic mass is 19.1. The van der Waals surface area contributed by atoms with Gasteiger partial charge in [0.25, 0.3) is 0 Å². The number of imidazole rings is 1. The van der Waals surface area contributed by atoms with Gasteiger partial charge in [0.15, 0.2) is 11.9 Å². The number of nitrogens with zero attached hydrogens (tertiary/aromatic N) is 4. The van der Waals surface area contributed by atoms with Crippen LogP contribution < -0.4 is 4.74 Å². The van der Waals surface area contributed by atoms with E-state index in [1.54, 1.807) is 13.4 Å². The maximum absolute atomic E-state index is 14.4. The molecule has 2 aliphatic heterocycles. The van der Waals surface area contributed by atoms with Crippen LogP contribution in [0.1, 0.15) is 41.3 Å². The van der Waals surface area contributed by atoms with Crippen LogP contribution in [0.3, 0.4) is 0 Å². The summed E-state index contributed by atoms with van der Waals surface area (Å²) in [6.45, 7) is 3.20. The van der Waals surface area contributed by atoms with Gasteiger partial charge in [-0.25, -0.2) is 13.8 Å². The molecule has 3 aromatic carbocycles. The lowest BCUT2D eigenvalue weighted by molar-refractivity contribution is -0.0716. The van der Waals surface area contributed by atoms with Gasteiger partial charge in [-0.05, 0) is 72.4 Å². The molecule has 0 N–H and O–H groups in total. The van der Waals surface area contributed by atoms with Gasteiger partial charge in [-0.2, -0.15) is 0 Å². The van der Waals surface area contributed by atoms with E-state index in [4.69, 9.17) is 14.3 Å². The number of piperidine rings is 1. The Morgan fingerprint density at radius 3 is 2.60 bits per heavy atom. The first-order valence-electron chi connectivity index (χ1n) is 14.0. The molecular weight excluding hydrogens is 538 g/mol. The third-order valence-electron chi connectivity index (χ3n) is 7.52. The first-order chi connectivity index (χ1) is 20.5. The highest BCUT2D eigenvalue weighted by molar-refractivity contribution is 6.03. The van der Waals surface area contributed by atoms with Crippen LogP contribution in [0.4, 0.5) is 8.78 Å². The molecule has 1 fully saturated rings. The lowest BCUT2D eigenvalue weighted by Crippen LogP contribution is -2.49. The summed E-state index contributed by atoms with van der Waals surface area (Å²) in [5.41, 5.74) is 5.22. The molecule has 3 heterocycles. The molecule has 2 atom stereocenters. The highest BCUT2D eigenvalue weighted by Gasteiger charge is 2.40. The number of aryl methyl sites for hydroxylation is 1. The van der Waals surface area contributed by atoms with Crippen LogP contribution in [-0.4, -0.2) is 46.7 Å². The van der Waals surface area contributed by atoms with Gasteiger partial charge in [0.2, 0.25) is 0 Å². The standard InChI is InChI=1S/C33H32F2N4O3/c1-22-18-38(21-36-22)29-11-10-24(14-30(29)40-2)13-25-9-6-12-39-32(26-15-27(34)17-28(35)16-26)31(42-37-33(25)39)20-41-19-23-7-4-3-5-8-23/h3-5,7-8,10-11,13-18,21,31-32H,6,9,12,19-20H2,1-2H3/b25-13+/t31?,32-/m0/s1. The van der Waals surface area contributed by atoms with Gasteiger partial charge in [-0.15, -0.1) is 0 Å². The SMILES string of the molecule is COc1cc(/C=C2\CCCN3C2=NOC(COCc2ccccc2)[C@@H]3c2cc(F)cc(F)c2)ccc1-n1cnc(C)c1. The maximum atomic E-state index is 14.4. The first kappa shape index (κ1) is 27.7. The zero-order valence-electron chi connectivity index (χ0n) is 23.5. The Morgan fingerprint density at radius 1 is 1.05 bits per heavy atom. The van der Waals surface area contributed by atoms with E-state index < -0.39 is 23.8 Å². The fourth-order valence-electron chi connectivity index (χ4n) is 5.62. The smallest absolute Gasteiger partial charge is 0.175 e. The second kappa shape index (κ2) is 12.2. The number of hydrogen-bond acceptors (Lipinski definition) is 6. The van der Waals surface area contributed by atoms with Crippen molar-refractivity contribution in [1.82, 2.24) is 14.5 Å². The van der Waals surface area contributed by atoms with Crippen LogP contribution in [0.5, 0.6) is 5.75 Å². The van der Waals surface area contributed by atoms with Gasteiger partial charge in [-0.1, -0.05) is 41.6 Å². The summed E-state index contributed by atoms with van der Waals surface area (Å²) < 4.78 is 42.4. The zero-order valence-corrected chi connectivity index (χ0v) is 23.5. The molecule has 4 aromatic rings. The van der Waals surface area contributed by atoms with Crippen LogP contribution >= 0.6 is 0 Å². The molecule has 0 saturated carbocycles. The number of fused-ring (bicyclic) bond motifs is 1. The molecule has 0 amide bonds. The fourth-order valence-corrected chi connectivity index (χ4v) is 5.62. The largest absolute Gasteiger partial charge is 0.495 e. The van der Waals surface area contributed by atoms with E-state index >= 15 is 0 Å².